The molecule has 0 saturated heterocycles. The van der Waals surface area contributed by atoms with Gasteiger partial charge in [0, 0.05) is 12.1 Å². The molecule has 0 heterocycles. The summed E-state index contributed by atoms with van der Waals surface area (Å²) < 4.78 is 31.9. The van der Waals surface area contributed by atoms with Crippen molar-refractivity contribution in [3.8, 4) is 0 Å². The highest BCUT2D eigenvalue weighted by Gasteiger charge is 2.27. The van der Waals surface area contributed by atoms with Crippen molar-refractivity contribution in [2.24, 2.45) is 0 Å². The lowest BCUT2D eigenvalue weighted by atomic mass is 10.1. The largest absolute Gasteiger partial charge is 0.398 e. The number of nitrogens with one attached hydrogen (secondary N) is 1. The number of hydrogen-bond donors (Lipinski definition) is 2. The molecule has 1 aromatic rings. The summed E-state index contributed by atoms with van der Waals surface area (Å²) in [6.45, 7) is 3.68. The Morgan fingerprint density at radius 2 is 2.06 bits per heavy atom. The highest BCUT2D eigenvalue weighted by molar-refractivity contribution is 7.89. The number of hydrogen-bond acceptors (Lipinski definition) is 4. The summed E-state index contributed by atoms with van der Waals surface area (Å²) in [6, 6.07) is 4.32. The van der Waals surface area contributed by atoms with E-state index in [4.69, 9.17) is 22.1 Å². The third kappa shape index (κ3) is 3.84. The van der Waals surface area contributed by atoms with Crippen LogP contribution < -0.4 is 10.5 Å². The molecule has 0 aliphatic heterocycles. The van der Waals surface area contributed by atoms with Crippen LogP contribution in [0.2, 0.25) is 5.02 Å². The van der Waals surface area contributed by atoms with E-state index in [-0.39, 0.29) is 17.2 Å². The minimum Gasteiger partial charge on any atom is -0.398 e. The van der Waals surface area contributed by atoms with Crippen LogP contribution in [0.5, 0.6) is 0 Å². The molecule has 0 spiro atoms. The fourth-order valence-corrected chi connectivity index (χ4v) is 3.34. The van der Waals surface area contributed by atoms with Gasteiger partial charge < -0.3 is 10.5 Å². The van der Waals surface area contributed by atoms with Crippen molar-refractivity contribution in [2.45, 2.75) is 24.3 Å². The van der Waals surface area contributed by atoms with Gasteiger partial charge in [0.15, 0.2) is 0 Å². The molecule has 0 aliphatic carbocycles. The van der Waals surface area contributed by atoms with Gasteiger partial charge in [0.2, 0.25) is 10.0 Å². The van der Waals surface area contributed by atoms with Crippen LogP contribution in [0, 0.1) is 0 Å². The van der Waals surface area contributed by atoms with E-state index in [1.807, 2.05) is 0 Å². The number of anilines is 1. The zero-order valence-electron chi connectivity index (χ0n) is 10.5. The minimum absolute atomic E-state index is 0.0285. The third-order valence-electron chi connectivity index (χ3n) is 2.18. The topological polar surface area (TPSA) is 81.4 Å². The first kappa shape index (κ1) is 15.2. The van der Waals surface area contributed by atoms with Crippen LogP contribution in [0.25, 0.3) is 0 Å². The van der Waals surface area contributed by atoms with Gasteiger partial charge in [-0.15, -0.1) is 0 Å². The molecule has 18 heavy (non-hydrogen) atoms. The third-order valence-corrected chi connectivity index (χ3v) is 4.17. The van der Waals surface area contributed by atoms with E-state index < -0.39 is 15.6 Å². The molecule has 0 atom stereocenters. The molecule has 3 N–H and O–H groups in total. The Kier molecular flexibility index (Phi) is 4.61. The number of halogens is 1. The van der Waals surface area contributed by atoms with Gasteiger partial charge in [-0.2, -0.15) is 0 Å². The fourth-order valence-electron chi connectivity index (χ4n) is 1.55. The lowest BCUT2D eigenvalue weighted by Crippen LogP contribution is -2.46. The van der Waals surface area contributed by atoms with E-state index in [0.29, 0.717) is 5.02 Å². The van der Waals surface area contributed by atoms with Gasteiger partial charge in [-0.3, -0.25) is 0 Å². The number of ether oxygens (including phenoxy) is 1. The zero-order valence-corrected chi connectivity index (χ0v) is 12.1. The summed E-state index contributed by atoms with van der Waals surface area (Å²) in [4.78, 5) is -0.0285. The molecule has 5 nitrogen and oxygen atoms in total. The highest BCUT2D eigenvalue weighted by Crippen LogP contribution is 2.23. The van der Waals surface area contributed by atoms with Gasteiger partial charge in [0.1, 0.15) is 4.90 Å². The van der Waals surface area contributed by atoms with Crippen molar-refractivity contribution in [3.63, 3.8) is 0 Å². The smallest absolute Gasteiger partial charge is 0.243 e. The number of methoxy groups -OCH3 is 1. The van der Waals surface area contributed by atoms with Gasteiger partial charge in [-0.05, 0) is 32.0 Å². The highest BCUT2D eigenvalue weighted by atomic mass is 35.5. The molecule has 102 valence electrons. The predicted octanol–water partition coefficient (Wildman–Crippen LogP) is 1.63. The first-order valence-electron chi connectivity index (χ1n) is 5.26. The Labute approximate surface area is 112 Å². The van der Waals surface area contributed by atoms with Crippen molar-refractivity contribution >= 4 is 27.3 Å². The number of benzene rings is 1. The average Bonchev–Trinajstić information content (AvgIpc) is 2.19. The second-order valence-corrected chi connectivity index (χ2v) is 6.69. The van der Waals surface area contributed by atoms with Gasteiger partial charge in [0.25, 0.3) is 0 Å². The van der Waals surface area contributed by atoms with Crippen LogP contribution in [0.15, 0.2) is 23.1 Å². The first-order chi connectivity index (χ1) is 8.18. The summed E-state index contributed by atoms with van der Waals surface area (Å²) in [5, 5.41) is 0.314. The van der Waals surface area contributed by atoms with E-state index in [2.05, 4.69) is 4.72 Å². The van der Waals surface area contributed by atoms with Gasteiger partial charge in [-0.25, -0.2) is 13.1 Å². The summed E-state index contributed by atoms with van der Waals surface area (Å²) >= 11 is 5.78. The van der Waals surface area contributed by atoms with E-state index in [1.165, 1.54) is 25.3 Å². The molecule has 0 fully saturated rings. The van der Waals surface area contributed by atoms with Crippen molar-refractivity contribution in [2.75, 3.05) is 19.5 Å². The summed E-state index contributed by atoms with van der Waals surface area (Å²) in [5.74, 6) is 0. The van der Waals surface area contributed by atoms with Crippen LogP contribution in [0.1, 0.15) is 13.8 Å². The van der Waals surface area contributed by atoms with Gasteiger partial charge in [0.05, 0.1) is 17.8 Å². The Bertz CT molecular complexity index is 529. The molecule has 0 bridgehead atoms. The van der Waals surface area contributed by atoms with E-state index >= 15 is 0 Å². The molecular formula is C11H17ClN2O3S. The normalized spacial score (nSPS) is 12.7. The van der Waals surface area contributed by atoms with Crippen molar-refractivity contribution in [3.05, 3.63) is 23.2 Å². The summed E-state index contributed by atoms with van der Waals surface area (Å²) in [7, 11) is -2.23. The summed E-state index contributed by atoms with van der Waals surface area (Å²) in [5.41, 5.74) is 5.08. The maximum absolute atomic E-state index is 12.2. The maximum atomic E-state index is 12.2. The van der Waals surface area contributed by atoms with E-state index in [0.717, 1.165) is 0 Å². The molecule has 0 saturated carbocycles. The van der Waals surface area contributed by atoms with Crippen molar-refractivity contribution in [1.29, 1.82) is 0 Å². The van der Waals surface area contributed by atoms with Gasteiger partial charge in [-0.1, -0.05) is 11.6 Å². The number of sulfonamides is 1. The quantitative estimate of drug-likeness (QED) is 0.808. The monoisotopic (exact) mass is 292 g/mol. The summed E-state index contributed by atoms with van der Waals surface area (Å²) in [6.07, 6.45) is 0. The molecule has 0 aliphatic rings. The number of nitrogens with two attached hydrogens (primary N) is 1. The molecule has 1 aromatic carbocycles. The zero-order chi connectivity index (χ0) is 14.0. The Morgan fingerprint density at radius 1 is 1.44 bits per heavy atom. The molecule has 0 amide bonds. The van der Waals surface area contributed by atoms with Crippen molar-refractivity contribution < 1.29 is 13.2 Å². The molecule has 1 rings (SSSR count). The van der Waals surface area contributed by atoms with Crippen LogP contribution in [0.4, 0.5) is 5.69 Å². The lowest BCUT2D eigenvalue weighted by Gasteiger charge is -2.25. The molecule has 7 heteroatoms. The maximum Gasteiger partial charge on any atom is 0.243 e. The Morgan fingerprint density at radius 3 is 2.61 bits per heavy atom. The molecular weight excluding hydrogens is 276 g/mol. The van der Waals surface area contributed by atoms with E-state index in [1.54, 1.807) is 13.8 Å². The fraction of sp³-hybridized carbons (Fsp3) is 0.455. The average molecular weight is 293 g/mol. The lowest BCUT2D eigenvalue weighted by molar-refractivity contribution is 0.141. The van der Waals surface area contributed by atoms with Crippen LogP contribution in [-0.4, -0.2) is 27.7 Å². The second kappa shape index (κ2) is 5.44. The number of rotatable bonds is 5. The molecule has 0 radical (unpaired) electrons. The molecule has 0 aromatic heterocycles. The van der Waals surface area contributed by atoms with Crippen LogP contribution in [-0.2, 0) is 14.8 Å². The van der Waals surface area contributed by atoms with E-state index in [9.17, 15) is 8.42 Å². The van der Waals surface area contributed by atoms with Crippen LogP contribution in [0.3, 0.4) is 0 Å². The second-order valence-electron chi connectivity index (χ2n) is 4.60. The van der Waals surface area contributed by atoms with Gasteiger partial charge >= 0.3 is 0 Å². The first-order valence-corrected chi connectivity index (χ1v) is 7.12. The Hall–Kier alpha value is -0.820. The standard InChI is InChI=1S/C11H17ClN2O3S/c1-11(2,7-17-3)14-18(15,16)10-6-8(12)4-5-9(10)13/h4-6,14H,7,13H2,1-3H3. The SMILES string of the molecule is COCC(C)(C)NS(=O)(=O)c1cc(Cl)ccc1N. The minimum atomic E-state index is -3.73. The molecule has 0 unspecified atom stereocenters. The number of nitrogen functional groups attached to an aromatic ring is 1. The van der Waals surface area contributed by atoms with Crippen LogP contribution >= 0.6 is 11.6 Å². The van der Waals surface area contributed by atoms with Crippen molar-refractivity contribution in [1.82, 2.24) is 4.72 Å². The predicted molar refractivity (Wildman–Crippen MR) is 72.1 cm³/mol. The Balaban J connectivity index is 3.11.